The third-order valence-electron chi connectivity index (χ3n) is 6.24. The van der Waals surface area contributed by atoms with Crippen molar-refractivity contribution in [3.8, 4) is 28.3 Å². The van der Waals surface area contributed by atoms with Crippen LogP contribution < -0.4 is 4.74 Å². The number of hydrogen-bond donors (Lipinski definition) is 1. The van der Waals surface area contributed by atoms with E-state index in [1.54, 1.807) is 6.07 Å². The molecule has 0 atom stereocenters. The van der Waals surface area contributed by atoms with Crippen LogP contribution in [0.25, 0.3) is 22.5 Å². The van der Waals surface area contributed by atoms with Crippen molar-refractivity contribution in [3.63, 3.8) is 0 Å². The summed E-state index contributed by atoms with van der Waals surface area (Å²) < 4.78 is 11.3. The van der Waals surface area contributed by atoms with Gasteiger partial charge in [0.25, 0.3) is 0 Å². The molecule has 0 amide bonds. The molecular weight excluding hydrogens is 478 g/mol. The minimum Gasteiger partial charge on any atom is -0.488 e. The van der Waals surface area contributed by atoms with Crippen molar-refractivity contribution < 1.29 is 14.3 Å². The number of nitrogens with one attached hydrogen (secondary N) is 1. The second kappa shape index (κ2) is 11.5. The number of carbonyl (C=O) groups excluding carboxylic acids is 1. The summed E-state index contributed by atoms with van der Waals surface area (Å²) in [4.78, 5) is 17.4. The van der Waals surface area contributed by atoms with Gasteiger partial charge in [-0.2, -0.15) is 5.21 Å². The number of benzene rings is 3. The van der Waals surface area contributed by atoms with Crippen LogP contribution in [0.4, 0.5) is 0 Å². The zero-order chi connectivity index (χ0) is 26.3. The van der Waals surface area contributed by atoms with Gasteiger partial charge in [-0.25, -0.2) is 4.79 Å². The van der Waals surface area contributed by atoms with Crippen LogP contribution in [-0.4, -0.2) is 38.7 Å². The van der Waals surface area contributed by atoms with E-state index in [0.717, 1.165) is 34.4 Å². The topological polar surface area (TPSA) is 103 Å². The lowest BCUT2D eigenvalue weighted by atomic mass is 9.98. The van der Waals surface area contributed by atoms with Crippen molar-refractivity contribution in [2.45, 2.75) is 26.4 Å². The molecular formula is C30H27N5O3. The quantitative estimate of drug-likeness (QED) is 0.268. The van der Waals surface area contributed by atoms with E-state index in [9.17, 15) is 4.79 Å². The molecule has 8 heteroatoms. The second-order valence-electron chi connectivity index (χ2n) is 8.83. The van der Waals surface area contributed by atoms with Crippen LogP contribution in [0, 0.1) is 6.92 Å². The first-order chi connectivity index (χ1) is 18.6. The van der Waals surface area contributed by atoms with Crippen LogP contribution in [0.3, 0.4) is 0 Å². The van der Waals surface area contributed by atoms with Crippen molar-refractivity contribution in [2.75, 3.05) is 7.11 Å². The summed E-state index contributed by atoms with van der Waals surface area (Å²) in [6, 6.07) is 27.9. The lowest BCUT2D eigenvalue weighted by Crippen LogP contribution is -2.13. The van der Waals surface area contributed by atoms with E-state index < -0.39 is 5.97 Å². The van der Waals surface area contributed by atoms with E-state index in [1.165, 1.54) is 12.7 Å². The van der Waals surface area contributed by atoms with Gasteiger partial charge in [-0.3, -0.25) is 4.98 Å². The van der Waals surface area contributed by atoms with Gasteiger partial charge in [-0.1, -0.05) is 78.9 Å². The highest BCUT2D eigenvalue weighted by molar-refractivity contribution is 5.93. The number of aromatic nitrogens is 5. The van der Waals surface area contributed by atoms with Gasteiger partial charge in [0.1, 0.15) is 17.9 Å². The molecule has 3 aromatic carbocycles. The van der Waals surface area contributed by atoms with Crippen LogP contribution >= 0.6 is 0 Å². The Kier molecular flexibility index (Phi) is 7.49. The summed E-state index contributed by atoms with van der Waals surface area (Å²) >= 11 is 0. The smallest absolute Gasteiger partial charge is 0.343 e. The highest BCUT2D eigenvalue weighted by atomic mass is 16.5. The molecule has 1 N–H and O–H groups in total. The molecule has 0 aliphatic heterocycles. The third kappa shape index (κ3) is 5.59. The first-order valence-electron chi connectivity index (χ1n) is 12.3. The van der Waals surface area contributed by atoms with Crippen LogP contribution in [0.1, 0.15) is 32.9 Å². The number of nitrogens with zero attached hydrogens (tertiary/aromatic N) is 4. The Morgan fingerprint density at radius 3 is 2.32 bits per heavy atom. The van der Waals surface area contributed by atoms with Crippen molar-refractivity contribution in [1.82, 2.24) is 25.6 Å². The van der Waals surface area contributed by atoms with Crippen molar-refractivity contribution in [1.29, 1.82) is 0 Å². The number of H-pyrrole nitrogens is 1. The fourth-order valence-electron chi connectivity index (χ4n) is 4.38. The summed E-state index contributed by atoms with van der Waals surface area (Å²) in [5.74, 6) is 0.558. The maximum atomic E-state index is 12.8. The van der Waals surface area contributed by atoms with Crippen LogP contribution in [0.5, 0.6) is 5.75 Å². The Balaban J connectivity index is 1.36. The predicted molar refractivity (Wildman–Crippen MR) is 144 cm³/mol. The molecule has 5 aromatic rings. The normalized spacial score (nSPS) is 10.8. The van der Waals surface area contributed by atoms with E-state index >= 15 is 0 Å². The Morgan fingerprint density at radius 1 is 0.868 bits per heavy atom. The van der Waals surface area contributed by atoms with E-state index in [2.05, 4.69) is 37.7 Å². The lowest BCUT2D eigenvalue weighted by Gasteiger charge is -2.15. The summed E-state index contributed by atoms with van der Waals surface area (Å²) in [6.45, 7) is 2.19. The highest BCUT2D eigenvalue weighted by Crippen LogP contribution is 2.30. The Morgan fingerprint density at radius 2 is 1.61 bits per heavy atom. The standard InChI is InChI=1S/C30H27N5O3/c1-20-18-27(28(30(36)37-2)26(31-20)17-14-21-8-4-3-5-9-21)38-19-22-12-15-23(16-13-22)24-10-6-7-11-25(24)29-32-34-35-33-29/h3-13,15-16,18H,14,17,19H2,1-2H3,(H,32,33,34,35). The minimum atomic E-state index is -0.455. The summed E-state index contributed by atoms with van der Waals surface area (Å²) in [6.07, 6.45) is 1.36. The number of aromatic amines is 1. The number of ether oxygens (including phenoxy) is 2. The van der Waals surface area contributed by atoms with E-state index in [-0.39, 0.29) is 0 Å². The van der Waals surface area contributed by atoms with Gasteiger partial charge in [0, 0.05) is 17.3 Å². The first-order valence-corrected chi connectivity index (χ1v) is 12.3. The van der Waals surface area contributed by atoms with Gasteiger partial charge in [0.2, 0.25) is 5.82 Å². The van der Waals surface area contributed by atoms with Gasteiger partial charge in [-0.15, -0.1) is 10.2 Å². The zero-order valence-corrected chi connectivity index (χ0v) is 21.2. The molecule has 8 nitrogen and oxygen atoms in total. The zero-order valence-electron chi connectivity index (χ0n) is 21.2. The van der Waals surface area contributed by atoms with Crippen LogP contribution in [-0.2, 0) is 24.2 Å². The number of pyridine rings is 1. The number of aryl methyl sites for hydroxylation is 3. The number of hydrogen-bond acceptors (Lipinski definition) is 7. The van der Waals surface area contributed by atoms with E-state index in [4.69, 9.17) is 9.47 Å². The Labute approximate surface area is 220 Å². The number of methoxy groups -OCH3 is 1. The van der Waals surface area contributed by atoms with E-state index in [1.807, 2.05) is 73.7 Å². The maximum Gasteiger partial charge on any atom is 0.343 e. The van der Waals surface area contributed by atoms with Gasteiger partial charge in [0.05, 0.1) is 12.8 Å². The summed E-state index contributed by atoms with van der Waals surface area (Å²) in [5, 5.41) is 14.4. The molecule has 0 unspecified atom stereocenters. The van der Waals surface area contributed by atoms with Crippen LogP contribution in [0.15, 0.2) is 84.9 Å². The molecule has 0 fully saturated rings. The number of esters is 1. The summed E-state index contributed by atoms with van der Waals surface area (Å²) in [5.41, 5.74) is 6.88. The summed E-state index contributed by atoms with van der Waals surface area (Å²) in [7, 11) is 1.37. The molecule has 0 radical (unpaired) electrons. The molecule has 190 valence electrons. The first kappa shape index (κ1) is 24.8. The molecule has 2 heterocycles. The molecule has 0 bridgehead atoms. The minimum absolute atomic E-state index is 0.290. The fraction of sp³-hybridized carbons (Fsp3) is 0.167. The molecule has 0 spiro atoms. The number of rotatable bonds is 9. The molecule has 5 rings (SSSR count). The molecule has 2 aromatic heterocycles. The van der Waals surface area contributed by atoms with Crippen molar-refractivity contribution in [2.24, 2.45) is 0 Å². The predicted octanol–water partition coefficient (Wildman–Crippen LogP) is 5.39. The van der Waals surface area contributed by atoms with Gasteiger partial charge < -0.3 is 9.47 Å². The van der Waals surface area contributed by atoms with Gasteiger partial charge in [-0.05, 0) is 47.2 Å². The average molecular weight is 506 g/mol. The monoisotopic (exact) mass is 505 g/mol. The number of carbonyl (C=O) groups is 1. The second-order valence-corrected chi connectivity index (χ2v) is 8.83. The van der Waals surface area contributed by atoms with Crippen LogP contribution in [0.2, 0.25) is 0 Å². The average Bonchev–Trinajstić information content (AvgIpc) is 3.50. The van der Waals surface area contributed by atoms with Crippen molar-refractivity contribution in [3.05, 3.63) is 113 Å². The SMILES string of the molecule is COC(=O)c1c(OCc2ccc(-c3ccccc3-c3nn[nH]n3)cc2)cc(C)nc1CCc1ccccc1. The Hall–Kier alpha value is -4.85. The Bertz CT molecular complexity index is 1520. The van der Waals surface area contributed by atoms with Gasteiger partial charge in [0.15, 0.2) is 0 Å². The van der Waals surface area contributed by atoms with E-state index in [0.29, 0.717) is 35.9 Å². The fourth-order valence-corrected chi connectivity index (χ4v) is 4.38. The lowest BCUT2D eigenvalue weighted by molar-refractivity contribution is 0.0593. The third-order valence-corrected chi connectivity index (χ3v) is 6.24. The van der Waals surface area contributed by atoms with Gasteiger partial charge >= 0.3 is 5.97 Å². The van der Waals surface area contributed by atoms with Crippen molar-refractivity contribution >= 4 is 5.97 Å². The molecule has 0 saturated heterocycles. The highest BCUT2D eigenvalue weighted by Gasteiger charge is 2.21. The molecule has 0 aliphatic rings. The molecule has 38 heavy (non-hydrogen) atoms. The largest absolute Gasteiger partial charge is 0.488 e. The molecule has 0 saturated carbocycles. The molecule has 0 aliphatic carbocycles. The number of tetrazole rings is 1. The maximum absolute atomic E-state index is 12.8.